The van der Waals surface area contributed by atoms with Crippen LogP contribution in [0.4, 0.5) is 5.95 Å². The van der Waals surface area contributed by atoms with Crippen LogP contribution in [0.2, 0.25) is 0 Å². The quantitative estimate of drug-likeness (QED) is 0.312. The summed E-state index contributed by atoms with van der Waals surface area (Å²) in [6.45, 7) is 0.414. The average molecular weight is 415 g/mol. The fourth-order valence-electron chi connectivity index (χ4n) is 2.89. The van der Waals surface area contributed by atoms with Gasteiger partial charge >= 0.3 is 0 Å². The third-order valence-corrected chi connectivity index (χ3v) is 4.61. The normalized spacial score (nSPS) is 11.5. The topological polar surface area (TPSA) is 117 Å². The van der Waals surface area contributed by atoms with Gasteiger partial charge in [-0.2, -0.15) is 0 Å². The number of hydrogen-bond donors (Lipinski definition) is 4. The molecule has 0 aliphatic carbocycles. The molecular formula is C24H25N5O2. The molecule has 0 saturated carbocycles. The average Bonchev–Trinajstić information content (AvgIpc) is 3.24. The lowest BCUT2D eigenvalue weighted by Crippen LogP contribution is -2.23. The minimum absolute atomic E-state index is 0.141. The van der Waals surface area contributed by atoms with Crippen molar-refractivity contribution in [2.45, 2.75) is 13.0 Å². The van der Waals surface area contributed by atoms with Gasteiger partial charge in [0.25, 0.3) is 0 Å². The molecule has 1 amide bonds. The Morgan fingerprint density at radius 3 is 2.55 bits per heavy atom. The summed E-state index contributed by atoms with van der Waals surface area (Å²) >= 11 is 0. The first-order chi connectivity index (χ1) is 15.1. The Morgan fingerprint density at radius 2 is 1.94 bits per heavy atom. The van der Waals surface area contributed by atoms with Crippen molar-refractivity contribution in [1.29, 1.82) is 5.41 Å². The highest BCUT2D eigenvalue weighted by Gasteiger charge is 2.05. The number of aromatic nitrogens is 2. The molecule has 1 aromatic heterocycles. The van der Waals surface area contributed by atoms with E-state index in [0.29, 0.717) is 18.1 Å². The van der Waals surface area contributed by atoms with Gasteiger partial charge in [0.1, 0.15) is 5.75 Å². The minimum Gasteiger partial charge on any atom is -0.497 e. The first-order valence-corrected chi connectivity index (χ1v) is 9.75. The summed E-state index contributed by atoms with van der Waals surface area (Å²) in [4.78, 5) is 19.2. The Kier molecular flexibility index (Phi) is 7.37. The molecule has 7 nitrogen and oxygen atoms in total. The van der Waals surface area contributed by atoms with Crippen LogP contribution in [0.15, 0.2) is 72.5 Å². The molecule has 0 fully saturated rings. The van der Waals surface area contributed by atoms with Gasteiger partial charge in [0.05, 0.1) is 25.4 Å². The number of ether oxygens (including phenoxy) is 1. The number of methoxy groups -OCH3 is 1. The van der Waals surface area contributed by atoms with E-state index in [2.05, 4.69) is 15.3 Å². The number of H-pyrrole nitrogens is 1. The SMILES string of the molecule is COc1ccc(/C=C/C=C(\C=N)CC(=O)NCc2ccc(-c3cnc(N)[nH]3)cc2)cc1. The van der Waals surface area contributed by atoms with E-state index in [4.69, 9.17) is 15.9 Å². The van der Waals surface area contributed by atoms with Gasteiger partial charge in [-0.3, -0.25) is 4.79 Å². The second-order valence-corrected chi connectivity index (χ2v) is 6.85. The number of amides is 1. The number of allylic oxidation sites excluding steroid dienone is 2. The molecule has 31 heavy (non-hydrogen) atoms. The van der Waals surface area contributed by atoms with Gasteiger partial charge in [-0.25, -0.2) is 4.98 Å². The molecule has 3 aromatic rings. The first-order valence-electron chi connectivity index (χ1n) is 9.75. The summed E-state index contributed by atoms with van der Waals surface area (Å²) in [5.41, 5.74) is 10.0. The van der Waals surface area contributed by atoms with Crippen LogP contribution in [0.3, 0.4) is 0 Å². The Hall–Kier alpha value is -4.13. The summed E-state index contributed by atoms with van der Waals surface area (Å²) in [7, 11) is 1.63. The van der Waals surface area contributed by atoms with E-state index in [0.717, 1.165) is 28.1 Å². The van der Waals surface area contributed by atoms with Gasteiger partial charge in [-0.05, 0) is 34.4 Å². The predicted molar refractivity (Wildman–Crippen MR) is 124 cm³/mol. The number of benzene rings is 2. The van der Waals surface area contributed by atoms with Crippen LogP contribution < -0.4 is 15.8 Å². The number of imidazole rings is 1. The smallest absolute Gasteiger partial charge is 0.224 e. The number of nitrogens with zero attached hydrogens (tertiary/aromatic N) is 1. The van der Waals surface area contributed by atoms with E-state index in [1.165, 1.54) is 6.21 Å². The van der Waals surface area contributed by atoms with Crippen molar-refractivity contribution in [3.8, 4) is 17.0 Å². The van der Waals surface area contributed by atoms with Crippen molar-refractivity contribution >= 4 is 24.1 Å². The molecule has 0 aliphatic heterocycles. The van der Waals surface area contributed by atoms with Crippen LogP contribution in [-0.2, 0) is 11.3 Å². The lowest BCUT2D eigenvalue weighted by Gasteiger charge is -2.06. The van der Waals surface area contributed by atoms with Gasteiger partial charge in [-0.15, -0.1) is 0 Å². The van der Waals surface area contributed by atoms with E-state index in [1.54, 1.807) is 19.4 Å². The molecule has 0 unspecified atom stereocenters. The molecule has 0 aliphatic rings. The maximum absolute atomic E-state index is 12.3. The molecule has 0 bridgehead atoms. The molecule has 0 saturated heterocycles. The molecule has 0 radical (unpaired) electrons. The van der Waals surface area contributed by atoms with Crippen molar-refractivity contribution in [1.82, 2.24) is 15.3 Å². The number of carbonyl (C=O) groups is 1. The van der Waals surface area contributed by atoms with Crippen molar-refractivity contribution < 1.29 is 9.53 Å². The molecule has 7 heteroatoms. The van der Waals surface area contributed by atoms with Crippen LogP contribution in [0.25, 0.3) is 17.3 Å². The lowest BCUT2D eigenvalue weighted by molar-refractivity contribution is -0.120. The third-order valence-electron chi connectivity index (χ3n) is 4.61. The highest BCUT2D eigenvalue weighted by molar-refractivity contribution is 5.88. The summed E-state index contributed by atoms with van der Waals surface area (Å²) < 4.78 is 5.14. The number of aromatic amines is 1. The standard InChI is InChI=1S/C24H25N5O2/c1-31-21-11-7-17(8-12-21)3-2-4-19(14-25)13-23(30)27-15-18-5-9-20(10-6-18)22-16-28-24(26)29-22/h2-12,14,16,25H,13,15H2,1H3,(H,27,30)(H3,26,28,29)/b3-2+,19-4-,25-14?. The molecule has 158 valence electrons. The fourth-order valence-corrected chi connectivity index (χ4v) is 2.89. The molecule has 1 heterocycles. The van der Waals surface area contributed by atoms with Gasteiger partial charge < -0.3 is 26.2 Å². The van der Waals surface area contributed by atoms with Crippen LogP contribution in [-0.4, -0.2) is 29.2 Å². The number of nitrogens with two attached hydrogens (primary N) is 1. The Morgan fingerprint density at radius 1 is 1.19 bits per heavy atom. The second kappa shape index (κ2) is 10.6. The number of carbonyl (C=O) groups excluding carboxylic acids is 1. The number of nitrogens with one attached hydrogen (secondary N) is 3. The van der Waals surface area contributed by atoms with Crippen molar-refractivity contribution in [3.05, 3.63) is 83.6 Å². The zero-order chi connectivity index (χ0) is 22.1. The van der Waals surface area contributed by atoms with Crippen LogP contribution in [0, 0.1) is 5.41 Å². The first kappa shape index (κ1) is 21.6. The van der Waals surface area contributed by atoms with Gasteiger partial charge in [-0.1, -0.05) is 54.6 Å². The Balaban J connectivity index is 1.50. The fraction of sp³-hybridized carbons (Fsp3) is 0.125. The largest absolute Gasteiger partial charge is 0.497 e. The summed E-state index contributed by atoms with van der Waals surface area (Å²) in [6, 6.07) is 15.4. The van der Waals surface area contributed by atoms with E-state index in [1.807, 2.05) is 60.7 Å². The minimum atomic E-state index is -0.141. The third kappa shape index (κ3) is 6.43. The summed E-state index contributed by atoms with van der Waals surface area (Å²) in [5, 5.41) is 10.4. The van der Waals surface area contributed by atoms with Crippen molar-refractivity contribution in [2.24, 2.45) is 0 Å². The van der Waals surface area contributed by atoms with Gasteiger partial charge in [0.2, 0.25) is 5.91 Å². The van der Waals surface area contributed by atoms with Gasteiger partial charge in [0, 0.05) is 12.8 Å². The van der Waals surface area contributed by atoms with Crippen LogP contribution in [0.1, 0.15) is 17.5 Å². The highest BCUT2D eigenvalue weighted by Crippen LogP contribution is 2.18. The molecule has 3 rings (SSSR count). The van der Waals surface area contributed by atoms with Crippen molar-refractivity contribution in [3.63, 3.8) is 0 Å². The molecule has 2 aromatic carbocycles. The maximum atomic E-state index is 12.3. The van der Waals surface area contributed by atoms with Crippen molar-refractivity contribution in [2.75, 3.05) is 12.8 Å². The maximum Gasteiger partial charge on any atom is 0.224 e. The summed E-state index contributed by atoms with van der Waals surface area (Å²) in [5.74, 6) is 1.03. The predicted octanol–water partition coefficient (Wildman–Crippen LogP) is 3.96. The van der Waals surface area contributed by atoms with Gasteiger partial charge in [0.15, 0.2) is 5.95 Å². The zero-order valence-electron chi connectivity index (χ0n) is 17.3. The second-order valence-electron chi connectivity index (χ2n) is 6.85. The molecular weight excluding hydrogens is 390 g/mol. The number of anilines is 1. The summed E-state index contributed by atoms with van der Waals surface area (Å²) in [6.07, 6.45) is 8.53. The van der Waals surface area contributed by atoms with E-state index in [-0.39, 0.29) is 12.3 Å². The van der Waals surface area contributed by atoms with E-state index < -0.39 is 0 Å². The molecule has 5 N–H and O–H groups in total. The molecule has 0 atom stereocenters. The van der Waals surface area contributed by atoms with E-state index >= 15 is 0 Å². The van der Waals surface area contributed by atoms with Crippen LogP contribution in [0.5, 0.6) is 5.75 Å². The van der Waals surface area contributed by atoms with E-state index in [9.17, 15) is 4.79 Å². The number of nitrogen functional groups attached to an aromatic ring is 1. The van der Waals surface area contributed by atoms with Crippen LogP contribution >= 0.6 is 0 Å². The lowest BCUT2D eigenvalue weighted by atomic mass is 10.1. The Labute approximate surface area is 181 Å². The monoisotopic (exact) mass is 415 g/mol. The Bertz CT molecular complexity index is 1080. The zero-order valence-corrected chi connectivity index (χ0v) is 17.3. The number of rotatable bonds is 9. The molecule has 0 spiro atoms. The number of hydrogen-bond acceptors (Lipinski definition) is 5. The highest BCUT2D eigenvalue weighted by atomic mass is 16.5.